The van der Waals surface area contributed by atoms with Crippen molar-refractivity contribution in [3.8, 4) is 0 Å². The van der Waals surface area contributed by atoms with Crippen LogP contribution in [0.15, 0.2) is 60.9 Å². The summed E-state index contributed by atoms with van der Waals surface area (Å²) in [7, 11) is 0. The molecule has 3 aromatic rings. The highest BCUT2D eigenvalue weighted by Crippen LogP contribution is 2.25. The largest absolute Gasteiger partial charge is 0.348 e. The van der Waals surface area contributed by atoms with Crippen molar-refractivity contribution in [3.63, 3.8) is 0 Å². The third-order valence-corrected chi connectivity index (χ3v) is 4.32. The van der Waals surface area contributed by atoms with E-state index in [9.17, 15) is 4.79 Å². The van der Waals surface area contributed by atoms with Crippen LogP contribution in [0.5, 0.6) is 0 Å². The van der Waals surface area contributed by atoms with Gasteiger partial charge in [0.2, 0.25) is 5.95 Å². The van der Waals surface area contributed by atoms with Gasteiger partial charge < -0.3 is 10.6 Å². The maximum Gasteiger partial charge on any atom is 0.254 e. The van der Waals surface area contributed by atoms with Crippen LogP contribution < -0.4 is 10.6 Å². The molecule has 5 nitrogen and oxygen atoms in total. The molecule has 2 aromatic carbocycles. The molecule has 5 heteroatoms. The summed E-state index contributed by atoms with van der Waals surface area (Å²) in [4.78, 5) is 20.8. The van der Waals surface area contributed by atoms with Crippen LogP contribution in [0.1, 0.15) is 46.8 Å². The smallest absolute Gasteiger partial charge is 0.254 e. The van der Waals surface area contributed by atoms with E-state index in [1.807, 2.05) is 49.4 Å². The number of nitrogens with zero attached hydrogens (tertiary/aromatic N) is 2. The number of carbonyl (C=O) groups is 1. The van der Waals surface area contributed by atoms with E-state index in [1.165, 1.54) is 23.5 Å². The first-order valence-electron chi connectivity index (χ1n) is 9.04. The second-order valence-electron chi connectivity index (χ2n) is 6.83. The van der Waals surface area contributed by atoms with Gasteiger partial charge >= 0.3 is 0 Å². The Hall–Kier alpha value is -3.21. The highest BCUT2D eigenvalue weighted by atomic mass is 16.1. The first-order chi connectivity index (χ1) is 13.0. The van der Waals surface area contributed by atoms with Gasteiger partial charge in [-0.2, -0.15) is 0 Å². The average molecular weight is 360 g/mol. The zero-order valence-electron chi connectivity index (χ0n) is 15.9. The molecule has 3 rings (SSSR count). The van der Waals surface area contributed by atoms with Crippen molar-refractivity contribution in [2.45, 2.75) is 33.2 Å². The lowest BCUT2D eigenvalue weighted by molar-refractivity contribution is 0.0950. The van der Waals surface area contributed by atoms with Gasteiger partial charge in [-0.15, -0.1) is 0 Å². The maximum absolute atomic E-state index is 12.3. The summed E-state index contributed by atoms with van der Waals surface area (Å²) in [5.74, 6) is 0.670. The van der Waals surface area contributed by atoms with Crippen LogP contribution in [-0.4, -0.2) is 15.9 Å². The summed E-state index contributed by atoms with van der Waals surface area (Å²) in [6, 6.07) is 16.1. The molecule has 0 saturated carbocycles. The van der Waals surface area contributed by atoms with Gasteiger partial charge in [0.1, 0.15) is 0 Å². The number of benzene rings is 2. The molecule has 0 bridgehead atoms. The summed E-state index contributed by atoms with van der Waals surface area (Å²) in [5, 5.41) is 6.12. The number of rotatable bonds is 6. The molecular weight excluding hydrogens is 336 g/mol. The predicted molar refractivity (Wildman–Crippen MR) is 108 cm³/mol. The number of nitrogens with one attached hydrogen (secondary N) is 2. The standard InChI is InChI=1S/C22H24N4O/c1-15(2)19-6-4-5-7-20(19)26-22-24-13-18(14-25-22)21(27)23-12-17-10-8-16(3)9-11-17/h4-11,13-15H,12H2,1-3H3,(H,23,27)(H,24,25,26). The van der Waals surface area contributed by atoms with E-state index in [-0.39, 0.29) is 5.91 Å². The van der Waals surface area contributed by atoms with E-state index in [2.05, 4.69) is 40.5 Å². The fourth-order valence-corrected chi connectivity index (χ4v) is 2.73. The Labute approximate surface area is 159 Å². The second-order valence-corrected chi connectivity index (χ2v) is 6.83. The number of aromatic nitrogens is 2. The predicted octanol–water partition coefficient (Wildman–Crippen LogP) is 4.58. The molecule has 2 N–H and O–H groups in total. The van der Waals surface area contributed by atoms with Gasteiger partial charge in [0, 0.05) is 24.6 Å². The molecule has 0 aliphatic carbocycles. The first-order valence-corrected chi connectivity index (χ1v) is 9.04. The van der Waals surface area contributed by atoms with Crippen molar-refractivity contribution in [1.82, 2.24) is 15.3 Å². The van der Waals surface area contributed by atoms with Crippen LogP contribution >= 0.6 is 0 Å². The number of hydrogen-bond acceptors (Lipinski definition) is 4. The highest BCUT2D eigenvalue weighted by molar-refractivity contribution is 5.93. The molecule has 138 valence electrons. The van der Waals surface area contributed by atoms with Gasteiger partial charge in [-0.25, -0.2) is 9.97 Å². The first kappa shape index (κ1) is 18.6. The molecule has 27 heavy (non-hydrogen) atoms. The van der Waals surface area contributed by atoms with Gasteiger partial charge in [0.05, 0.1) is 5.56 Å². The lowest BCUT2D eigenvalue weighted by Crippen LogP contribution is -2.23. The normalized spacial score (nSPS) is 10.7. The molecule has 0 unspecified atom stereocenters. The zero-order chi connectivity index (χ0) is 19.2. The van der Waals surface area contributed by atoms with Crippen molar-refractivity contribution in [2.75, 3.05) is 5.32 Å². The number of aryl methyl sites for hydroxylation is 1. The minimum absolute atomic E-state index is 0.190. The fraction of sp³-hybridized carbons (Fsp3) is 0.227. The monoisotopic (exact) mass is 360 g/mol. The zero-order valence-corrected chi connectivity index (χ0v) is 15.9. The quantitative estimate of drug-likeness (QED) is 0.675. The van der Waals surface area contributed by atoms with E-state index < -0.39 is 0 Å². The molecule has 1 heterocycles. The van der Waals surface area contributed by atoms with Gasteiger partial charge in [-0.05, 0) is 30.0 Å². The number of hydrogen-bond donors (Lipinski definition) is 2. The summed E-state index contributed by atoms with van der Waals surface area (Å²) in [5.41, 5.74) is 4.86. The van der Waals surface area contributed by atoms with Gasteiger partial charge in [0.15, 0.2) is 0 Å². The molecular formula is C22H24N4O. The van der Waals surface area contributed by atoms with Crippen LogP contribution in [0.3, 0.4) is 0 Å². The van der Waals surface area contributed by atoms with E-state index in [0.717, 1.165) is 11.3 Å². The minimum Gasteiger partial charge on any atom is -0.348 e. The Morgan fingerprint density at radius 2 is 1.67 bits per heavy atom. The average Bonchev–Trinajstić information content (AvgIpc) is 2.68. The summed E-state index contributed by atoms with van der Waals surface area (Å²) in [6.45, 7) is 6.79. The maximum atomic E-state index is 12.3. The molecule has 0 atom stereocenters. The van der Waals surface area contributed by atoms with Crippen LogP contribution in [0, 0.1) is 6.92 Å². The topological polar surface area (TPSA) is 66.9 Å². The molecule has 0 fully saturated rings. The Morgan fingerprint density at radius 3 is 2.33 bits per heavy atom. The van der Waals surface area contributed by atoms with Gasteiger partial charge in [-0.3, -0.25) is 4.79 Å². The van der Waals surface area contributed by atoms with Crippen LogP contribution in [0.4, 0.5) is 11.6 Å². The van der Waals surface area contributed by atoms with E-state index >= 15 is 0 Å². The van der Waals surface area contributed by atoms with Crippen molar-refractivity contribution in [3.05, 3.63) is 83.2 Å². The molecule has 1 aromatic heterocycles. The van der Waals surface area contributed by atoms with Crippen molar-refractivity contribution in [2.24, 2.45) is 0 Å². The molecule has 0 spiro atoms. The van der Waals surface area contributed by atoms with Crippen LogP contribution in [0.2, 0.25) is 0 Å². The third kappa shape index (κ3) is 4.91. The lowest BCUT2D eigenvalue weighted by atomic mass is 10.0. The summed E-state index contributed by atoms with van der Waals surface area (Å²) < 4.78 is 0. The number of carbonyl (C=O) groups excluding carboxylic acids is 1. The van der Waals surface area contributed by atoms with E-state index in [0.29, 0.717) is 24.0 Å². The summed E-state index contributed by atoms with van der Waals surface area (Å²) >= 11 is 0. The highest BCUT2D eigenvalue weighted by Gasteiger charge is 2.09. The third-order valence-electron chi connectivity index (χ3n) is 4.32. The lowest BCUT2D eigenvalue weighted by Gasteiger charge is -2.13. The number of para-hydroxylation sites is 1. The molecule has 0 aliphatic rings. The molecule has 0 aliphatic heterocycles. The minimum atomic E-state index is -0.190. The Balaban J connectivity index is 1.63. The van der Waals surface area contributed by atoms with Crippen molar-refractivity contribution in [1.29, 1.82) is 0 Å². The fourth-order valence-electron chi connectivity index (χ4n) is 2.73. The Kier molecular flexibility index (Phi) is 5.81. The molecule has 0 radical (unpaired) electrons. The van der Waals surface area contributed by atoms with E-state index in [1.54, 1.807) is 0 Å². The molecule has 1 amide bonds. The van der Waals surface area contributed by atoms with Crippen LogP contribution in [-0.2, 0) is 6.54 Å². The SMILES string of the molecule is Cc1ccc(CNC(=O)c2cnc(Nc3ccccc3C(C)C)nc2)cc1. The Bertz CT molecular complexity index is 902. The van der Waals surface area contributed by atoms with Gasteiger partial charge in [-0.1, -0.05) is 61.9 Å². The number of anilines is 2. The van der Waals surface area contributed by atoms with Gasteiger partial charge in [0.25, 0.3) is 5.91 Å². The summed E-state index contributed by atoms with van der Waals surface area (Å²) in [6.07, 6.45) is 3.08. The molecule has 0 saturated heterocycles. The number of amides is 1. The van der Waals surface area contributed by atoms with Crippen LogP contribution in [0.25, 0.3) is 0 Å². The second kappa shape index (κ2) is 8.45. The van der Waals surface area contributed by atoms with E-state index in [4.69, 9.17) is 0 Å². The van der Waals surface area contributed by atoms with Crippen molar-refractivity contribution >= 4 is 17.5 Å². The Morgan fingerprint density at radius 1 is 1.00 bits per heavy atom. The van der Waals surface area contributed by atoms with Crippen molar-refractivity contribution < 1.29 is 4.79 Å².